The third-order valence-electron chi connectivity index (χ3n) is 8.78. The molecule has 0 saturated carbocycles. The number of carbonyl (C=O) groups is 6. The Kier molecular flexibility index (Phi) is 15.2. The fraction of sp³-hybridized carbons (Fsp3) is 0.500. The second-order valence-electron chi connectivity index (χ2n) is 13.6. The molecule has 3 heterocycles. The van der Waals surface area contributed by atoms with Gasteiger partial charge in [0, 0.05) is 92.3 Å². The maximum Gasteiger partial charge on any atom is 0.333 e. The third-order valence-corrected chi connectivity index (χ3v) is 9.58. The number of barbiturate groups is 1. The van der Waals surface area contributed by atoms with E-state index in [-0.39, 0.29) is 92.2 Å². The van der Waals surface area contributed by atoms with E-state index < -0.39 is 51.5 Å². The van der Waals surface area contributed by atoms with E-state index in [1.54, 1.807) is 0 Å². The normalized spacial score (nSPS) is 18.0. The largest absolute Gasteiger partial charge is 0.457 e. The molecule has 53 heavy (non-hydrogen) atoms. The first-order valence-electron chi connectivity index (χ1n) is 17.4. The molecule has 0 aliphatic carbocycles. The molecule has 3 aliphatic rings. The van der Waals surface area contributed by atoms with Crippen LogP contribution in [0.25, 0.3) is 5.57 Å². The van der Waals surface area contributed by atoms with Crippen molar-refractivity contribution in [1.82, 2.24) is 14.9 Å². The van der Waals surface area contributed by atoms with Gasteiger partial charge < -0.3 is 14.5 Å². The first-order chi connectivity index (χ1) is 24.4. The zero-order valence-corrected chi connectivity index (χ0v) is 34.0. The van der Waals surface area contributed by atoms with Gasteiger partial charge in [-0.15, -0.1) is 5.06 Å². The Morgan fingerprint density at radius 3 is 2.09 bits per heavy atom. The van der Waals surface area contributed by atoms with E-state index in [0.29, 0.717) is 23.0 Å². The van der Waals surface area contributed by atoms with E-state index in [4.69, 9.17) is 9.57 Å². The first-order valence-corrected chi connectivity index (χ1v) is 19.0. The van der Waals surface area contributed by atoms with Crippen LogP contribution in [0, 0.1) is 5.41 Å². The average molecular weight is 766 g/mol. The molecule has 17 heteroatoms. The van der Waals surface area contributed by atoms with Crippen LogP contribution in [-0.4, -0.2) is 125 Å². The van der Waals surface area contributed by atoms with E-state index >= 15 is 0 Å². The molecule has 1 aromatic rings. The van der Waals surface area contributed by atoms with Gasteiger partial charge in [-0.3, -0.25) is 33.5 Å². The maximum atomic E-state index is 13.7. The molecule has 1 aromatic carbocycles. The Morgan fingerprint density at radius 2 is 1.53 bits per heavy atom. The van der Waals surface area contributed by atoms with Gasteiger partial charge in [0.15, 0.2) is 0 Å². The first kappa shape index (κ1) is 43.6. The number of ether oxygens (including phenoxy) is 1. The maximum absolute atomic E-state index is 13.7. The quantitative estimate of drug-likeness (QED) is 0.0676. The van der Waals surface area contributed by atoms with Crippen LogP contribution in [0.4, 0.5) is 10.5 Å². The van der Waals surface area contributed by atoms with Crippen LogP contribution in [0.1, 0.15) is 85.1 Å². The van der Waals surface area contributed by atoms with Gasteiger partial charge in [0.25, 0.3) is 33.7 Å². The molecule has 4 rings (SSSR count). The summed E-state index contributed by atoms with van der Waals surface area (Å²) in [6.45, 7) is 11.4. The van der Waals surface area contributed by atoms with Crippen molar-refractivity contribution in [3.8, 4) is 5.75 Å². The van der Waals surface area contributed by atoms with Crippen molar-refractivity contribution < 1.29 is 51.3 Å². The molecule has 6 amide bonds. The number of urea groups is 1. The summed E-state index contributed by atoms with van der Waals surface area (Å²) in [5.41, 5.74) is 2.20. The average Bonchev–Trinajstić information content (AvgIpc) is 3.38. The van der Waals surface area contributed by atoms with E-state index in [9.17, 15) is 41.7 Å². The fourth-order valence-corrected chi connectivity index (χ4v) is 6.51. The number of nitrogens with zero attached hydrogens (tertiary/aromatic N) is 4. The van der Waals surface area contributed by atoms with Crippen molar-refractivity contribution in [2.24, 2.45) is 5.41 Å². The number of rotatable bonds is 15. The SMILES string of the molecule is CCN(CC)c1ccc2c(c1)OC(=CC=C1C(=O)N(CCCCCC(=O)ON3C(=O)CCC3=O)C(=O)N(CCCS(=O)(=O)O)C1=O)C=C2C(C)(C)C.[Na]. The van der Waals surface area contributed by atoms with Gasteiger partial charge in [-0.2, -0.15) is 8.42 Å². The Morgan fingerprint density at radius 1 is 0.925 bits per heavy atom. The Labute approximate surface area is 332 Å². The molecule has 2 saturated heterocycles. The topological polar surface area (TPSA) is 188 Å². The molecular weight excluding hydrogens is 719 g/mol. The summed E-state index contributed by atoms with van der Waals surface area (Å²) in [5.74, 6) is -3.48. The molecule has 0 spiro atoms. The smallest absolute Gasteiger partial charge is 0.333 e. The van der Waals surface area contributed by atoms with Crippen LogP contribution in [-0.2, 0) is 38.9 Å². The minimum Gasteiger partial charge on any atom is -0.457 e. The summed E-state index contributed by atoms with van der Waals surface area (Å²) in [6, 6.07) is 5.05. The Hall–Kier alpha value is -3.83. The predicted octanol–water partition coefficient (Wildman–Crippen LogP) is 4.02. The molecule has 0 bridgehead atoms. The van der Waals surface area contributed by atoms with Crippen molar-refractivity contribution in [3.05, 3.63) is 53.3 Å². The number of carbonyl (C=O) groups excluding carboxylic acids is 6. The summed E-state index contributed by atoms with van der Waals surface area (Å²) in [5, 5.41) is 0.463. The van der Waals surface area contributed by atoms with E-state index in [2.05, 4.69) is 39.5 Å². The monoisotopic (exact) mass is 765 g/mol. The number of imide groups is 3. The Bertz CT molecular complexity index is 1810. The van der Waals surface area contributed by atoms with Gasteiger partial charge in [0.05, 0.1) is 5.75 Å². The molecule has 1 N–H and O–H groups in total. The number of fused-ring (bicyclic) bond motifs is 1. The molecule has 283 valence electrons. The van der Waals surface area contributed by atoms with Gasteiger partial charge in [0.2, 0.25) is 0 Å². The summed E-state index contributed by atoms with van der Waals surface area (Å²) in [6.07, 6.45) is 5.00. The van der Waals surface area contributed by atoms with Crippen LogP contribution in [0.3, 0.4) is 0 Å². The van der Waals surface area contributed by atoms with Crippen molar-refractivity contribution in [2.75, 3.05) is 36.8 Å². The van der Waals surface area contributed by atoms with Gasteiger partial charge >= 0.3 is 12.0 Å². The number of amides is 6. The zero-order chi connectivity index (χ0) is 38.4. The minimum atomic E-state index is -4.38. The number of hydrogen-bond donors (Lipinski definition) is 1. The molecular formula is C36H46N4NaO11S. The number of hydroxylamine groups is 2. The van der Waals surface area contributed by atoms with Crippen LogP contribution >= 0.6 is 0 Å². The summed E-state index contributed by atoms with van der Waals surface area (Å²) >= 11 is 0. The number of anilines is 1. The van der Waals surface area contributed by atoms with Crippen molar-refractivity contribution in [3.63, 3.8) is 0 Å². The van der Waals surface area contributed by atoms with Crippen LogP contribution in [0.2, 0.25) is 0 Å². The molecule has 15 nitrogen and oxygen atoms in total. The second kappa shape index (κ2) is 18.5. The molecule has 2 fully saturated rings. The van der Waals surface area contributed by atoms with E-state index in [1.807, 2.05) is 24.3 Å². The van der Waals surface area contributed by atoms with Gasteiger partial charge in [0.1, 0.15) is 17.1 Å². The molecule has 0 aromatic heterocycles. The van der Waals surface area contributed by atoms with E-state index in [0.717, 1.165) is 39.7 Å². The number of unbranched alkanes of at least 4 members (excludes halogenated alkanes) is 2. The number of allylic oxidation sites excluding steroid dienone is 4. The molecule has 3 aliphatic heterocycles. The van der Waals surface area contributed by atoms with Crippen LogP contribution in [0.15, 0.2) is 47.8 Å². The standard InChI is InChI=1S/C36H46N4O11S.Na/c1-6-37(7-2)24-13-15-26-28(36(3,4)5)23-25(50-29(26)22-24)14-16-27-33(44)38(35(46)39(34(27)45)20-11-21-52(47,48)49)19-10-8-9-12-32(43)51-40-30(41)17-18-31(40)42;/h13-16,22-23H,6-12,17-21H2,1-5H3,(H,47,48,49);. The fourth-order valence-electron chi connectivity index (χ4n) is 6.01. The van der Waals surface area contributed by atoms with Crippen molar-refractivity contribution >= 4 is 86.6 Å². The van der Waals surface area contributed by atoms with Gasteiger partial charge in [-0.25, -0.2) is 9.59 Å². The zero-order valence-electron chi connectivity index (χ0n) is 31.2. The van der Waals surface area contributed by atoms with E-state index in [1.165, 1.54) is 12.2 Å². The predicted molar refractivity (Wildman–Crippen MR) is 195 cm³/mol. The minimum absolute atomic E-state index is 0. The van der Waals surface area contributed by atoms with Crippen molar-refractivity contribution in [2.45, 2.75) is 79.6 Å². The second-order valence-corrected chi connectivity index (χ2v) is 15.2. The molecule has 0 atom stereocenters. The van der Waals surface area contributed by atoms with Crippen molar-refractivity contribution in [1.29, 1.82) is 0 Å². The summed E-state index contributed by atoms with van der Waals surface area (Å²) in [7, 11) is -4.38. The van der Waals surface area contributed by atoms with Gasteiger partial charge in [-0.05, 0) is 74.5 Å². The summed E-state index contributed by atoms with van der Waals surface area (Å²) < 4.78 is 38.1. The Balaban J connectivity index is 0.00000756. The molecule has 1 radical (unpaired) electrons. The van der Waals surface area contributed by atoms with Crippen LogP contribution < -0.4 is 9.64 Å². The molecule has 0 unspecified atom stereocenters. The number of hydrogen-bond acceptors (Lipinski definition) is 11. The van der Waals surface area contributed by atoms with Gasteiger partial charge in [-0.1, -0.05) is 27.2 Å². The number of benzene rings is 1. The summed E-state index contributed by atoms with van der Waals surface area (Å²) in [4.78, 5) is 84.8. The third kappa shape index (κ3) is 11.1. The van der Waals surface area contributed by atoms with Crippen LogP contribution in [0.5, 0.6) is 5.75 Å².